The number of aryl methyl sites for hydroxylation is 1. The smallest absolute Gasteiger partial charge is 0.234 e. The number of halogens is 1. The van der Waals surface area contributed by atoms with Gasteiger partial charge in [-0.15, -0.1) is 10.2 Å². The molecule has 3 aromatic rings. The molecule has 8 heteroatoms. The van der Waals surface area contributed by atoms with Crippen LogP contribution in [0.1, 0.15) is 18.9 Å². The summed E-state index contributed by atoms with van der Waals surface area (Å²) in [5.74, 6) is 1.50. The molecule has 1 amide bonds. The minimum Gasteiger partial charge on any atom is -0.446 e. The van der Waals surface area contributed by atoms with Crippen LogP contribution >= 0.6 is 27.7 Å². The van der Waals surface area contributed by atoms with E-state index in [1.165, 1.54) is 11.8 Å². The number of hydrogen-bond donors (Lipinski definition) is 1. The average molecular weight is 435 g/mol. The zero-order valence-corrected chi connectivity index (χ0v) is 16.9. The maximum atomic E-state index is 12.2. The molecular formula is C18H19BrN4O2S. The lowest BCUT2D eigenvalue weighted by atomic mass is 10.2. The summed E-state index contributed by atoms with van der Waals surface area (Å²) in [4.78, 5) is 12.2. The van der Waals surface area contributed by atoms with Crippen molar-refractivity contribution in [1.29, 1.82) is 0 Å². The largest absolute Gasteiger partial charge is 0.446 e. The Kier molecular flexibility index (Phi) is 6.16. The highest BCUT2D eigenvalue weighted by molar-refractivity contribution is 9.10. The van der Waals surface area contributed by atoms with Crippen LogP contribution in [0.3, 0.4) is 0 Å². The van der Waals surface area contributed by atoms with Crippen molar-refractivity contribution in [2.45, 2.75) is 32.0 Å². The summed E-state index contributed by atoms with van der Waals surface area (Å²) in [6, 6.07) is 11.4. The number of carbonyl (C=O) groups excluding carboxylic acids is 1. The van der Waals surface area contributed by atoms with E-state index in [0.29, 0.717) is 21.4 Å². The Bertz CT molecular complexity index is 906. The first kappa shape index (κ1) is 18.7. The molecule has 0 aliphatic heterocycles. The molecule has 0 fully saturated rings. The number of thioether (sulfide) groups is 1. The van der Waals surface area contributed by atoms with Crippen LogP contribution in [0.5, 0.6) is 0 Å². The fourth-order valence-electron chi connectivity index (χ4n) is 2.49. The van der Waals surface area contributed by atoms with Crippen LogP contribution in [0, 0.1) is 6.92 Å². The number of benzene rings is 1. The van der Waals surface area contributed by atoms with Gasteiger partial charge < -0.3 is 9.73 Å². The average Bonchev–Trinajstić information content (AvgIpc) is 3.19. The van der Waals surface area contributed by atoms with Gasteiger partial charge in [-0.05, 0) is 59.1 Å². The second-order valence-electron chi connectivity index (χ2n) is 5.77. The lowest BCUT2D eigenvalue weighted by Gasteiger charge is -2.08. The summed E-state index contributed by atoms with van der Waals surface area (Å²) in [5.41, 5.74) is 1.90. The van der Waals surface area contributed by atoms with E-state index in [2.05, 4.69) is 38.4 Å². The van der Waals surface area contributed by atoms with E-state index in [4.69, 9.17) is 4.42 Å². The van der Waals surface area contributed by atoms with Gasteiger partial charge in [-0.3, -0.25) is 9.36 Å². The van der Waals surface area contributed by atoms with E-state index in [1.54, 1.807) is 0 Å². The summed E-state index contributed by atoms with van der Waals surface area (Å²) in [6.07, 6.45) is 0.927. The Morgan fingerprint density at radius 3 is 2.85 bits per heavy atom. The molecule has 6 nitrogen and oxygen atoms in total. The standard InChI is InChI=1S/C18H19BrN4O2S/c1-3-9-23-17(14-7-8-15(19)25-14)21-22-18(23)26-11-16(24)20-13-6-4-5-12(2)10-13/h4-8,10H,3,9,11H2,1-2H3,(H,20,24). The molecular weight excluding hydrogens is 416 g/mol. The molecule has 0 saturated carbocycles. The first-order valence-corrected chi connectivity index (χ1v) is 10.0. The number of furan rings is 1. The Labute approximate surface area is 164 Å². The summed E-state index contributed by atoms with van der Waals surface area (Å²) >= 11 is 4.67. The highest BCUT2D eigenvalue weighted by atomic mass is 79.9. The molecule has 0 saturated heterocycles. The van der Waals surface area contributed by atoms with Crippen molar-refractivity contribution in [3.63, 3.8) is 0 Å². The van der Waals surface area contributed by atoms with Crippen LogP contribution in [0.25, 0.3) is 11.6 Å². The Hall–Kier alpha value is -2.06. The fourth-order valence-corrected chi connectivity index (χ4v) is 3.56. The van der Waals surface area contributed by atoms with E-state index in [-0.39, 0.29) is 11.7 Å². The number of aromatic nitrogens is 3. The van der Waals surface area contributed by atoms with Crippen LogP contribution in [0.15, 0.2) is 50.6 Å². The molecule has 0 unspecified atom stereocenters. The molecule has 0 atom stereocenters. The zero-order valence-electron chi connectivity index (χ0n) is 14.5. The number of amides is 1. The minimum atomic E-state index is -0.0751. The third-order valence-electron chi connectivity index (χ3n) is 3.59. The number of rotatable bonds is 7. The van der Waals surface area contributed by atoms with Gasteiger partial charge in [0.2, 0.25) is 11.7 Å². The van der Waals surface area contributed by atoms with Gasteiger partial charge in [-0.25, -0.2) is 0 Å². The molecule has 26 heavy (non-hydrogen) atoms. The van der Waals surface area contributed by atoms with Crippen molar-refractivity contribution in [3.8, 4) is 11.6 Å². The third-order valence-corrected chi connectivity index (χ3v) is 4.98. The maximum absolute atomic E-state index is 12.2. The van der Waals surface area contributed by atoms with Gasteiger partial charge in [0.25, 0.3) is 0 Å². The number of anilines is 1. The Balaban J connectivity index is 1.69. The molecule has 2 heterocycles. The van der Waals surface area contributed by atoms with Gasteiger partial charge in [-0.1, -0.05) is 30.8 Å². The van der Waals surface area contributed by atoms with Crippen LogP contribution in [0.4, 0.5) is 5.69 Å². The minimum absolute atomic E-state index is 0.0751. The fraction of sp³-hybridized carbons (Fsp3) is 0.278. The topological polar surface area (TPSA) is 73.0 Å². The number of nitrogens with one attached hydrogen (secondary N) is 1. The van der Waals surface area contributed by atoms with Crippen LogP contribution in [-0.2, 0) is 11.3 Å². The highest BCUT2D eigenvalue weighted by Gasteiger charge is 2.17. The number of hydrogen-bond acceptors (Lipinski definition) is 5. The second kappa shape index (κ2) is 8.55. The predicted molar refractivity (Wildman–Crippen MR) is 106 cm³/mol. The van der Waals surface area contributed by atoms with Crippen LogP contribution < -0.4 is 5.32 Å². The van der Waals surface area contributed by atoms with E-state index in [1.807, 2.05) is 47.9 Å². The van der Waals surface area contributed by atoms with Crippen molar-refractivity contribution in [2.24, 2.45) is 0 Å². The molecule has 2 aromatic heterocycles. The van der Waals surface area contributed by atoms with E-state index >= 15 is 0 Å². The number of carbonyl (C=O) groups is 1. The summed E-state index contributed by atoms with van der Waals surface area (Å²) in [5, 5.41) is 12.1. The van der Waals surface area contributed by atoms with Crippen molar-refractivity contribution < 1.29 is 9.21 Å². The SMILES string of the molecule is CCCn1c(SCC(=O)Nc2cccc(C)c2)nnc1-c1ccc(Br)o1. The molecule has 0 aliphatic rings. The normalized spacial score (nSPS) is 10.9. The molecule has 0 radical (unpaired) electrons. The van der Waals surface area contributed by atoms with E-state index in [0.717, 1.165) is 24.2 Å². The molecule has 0 aliphatic carbocycles. The number of nitrogens with zero attached hydrogens (tertiary/aromatic N) is 3. The molecule has 1 N–H and O–H groups in total. The van der Waals surface area contributed by atoms with Crippen molar-refractivity contribution in [1.82, 2.24) is 14.8 Å². The van der Waals surface area contributed by atoms with Gasteiger partial charge in [0, 0.05) is 12.2 Å². The van der Waals surface area contributed by atoms with Gasteiger partial charge in [-0.2, -0.15) is 0 Å². The summed E-state index contributed by atoms with van der Waals surface area (Å²) in [7, 11) is 0. The van der Waals surface area contributed by atoms with Crippen molar-refractivity contribution in [3.05, 3.63) is 46.6 Å². The first-order valence-electron chi connectivity index (χ1n) is 8.25. The van der Waals surface area contributed by atoms with Gasteiger partial charge in [0.15, 0.2) is 15.6 Å². The maximum Gasteiger partial charge on any atom is 0.234 e. The van der Waals surface area contributed by atoms with Crippen molar-refractivity contribution in [2.75, 3.05) is 11.1 Å². The lowest BCUT2D eigenvalue weighted by Crippen LogP contribution is -2.14. The Morgan fingerprint density at radius 1 is 1.31 bits per heavy atom. The predicted octanol–water partition coefficient (Wildman–Crippen LogP) is 4.75. The van der Waals surface area contributed by atoms with Gasteiger partial charge in [0.1, 0.15) is 0 Å². The summed E-state index contributed by atoms with van der Waals surface area (Å²) in [6.45, 7) is 4.83. The molecule has 3 rings (SSSR count). The van der Waals surface area contributed by atoms with E-state index < -0.39 is 0 Å². The van der Waals surface area contributed by atoms with E-state index in [9.17, 15) is 4.79 Å². The molecule has 0 bridgehead atoms. The molecule has 0 spiro atoms. The monoisotopic (exact) mass is 434 g/mol. The first-order chi connectivity index (χ1) is 12.6. The van der Waals surface area contributed by atoms with Gasteiger partial charge >= 0.3 is 0 Å². The molecule has 1 aromatic carbocycles. The molecule has 136 valence electrons. The highest BCUT2D eigenvalue weighted by Crippen LogP contribution is 2.27. The second-order valence-corrected chi connectivity index (χ2v) is 7.49. The van der Waals surface area contributed by atoms with Crippen LogP contribution in [0.2, 0.25) is 0 Å². The third kappa shape index (κ3) is 4.56. The summed E-state index contributed by atoms with van der Waals surface area (Å²) < 4.78 is 8.22. The lowest BCUT2D eigenvalue weighted by molar-refractivity contribution is -0.113. The zero-order chi connectivity index (χ0) is 18.5. The van der Waals surface area contributed by atoms with Gasteiger partial charge in [0.05, 0.1) is 5.75 Å². The quantitative estimate of drug-likeness (QED) is 0.543. The van der Waals surface area contributed by atoms with Crippen molar-refractivity contribution >= 4 is 39.3 Å². The van der Waals surface area contributed by atoms with Crippen LogP contribution in [-0.4, -0.2) is 26.4 Å². The Morgan fingerprint density at radius 2 is 2.15 bits per heavy atom.